The van der Waals surface area contributed by atoms with Crippen LogP contribution in [-0.2, 0) is 0 Å². The van der Waals surface area contributed by atoms with E-state index in [2.05, 4.69) is 10.3 Å². The predicted molar refractivity (Wildman–Crippen MR) is 80.0 cm³/mol. The summed E-state index contributed by atoms with van der Waals surface area (Å²) in [5.41, 5.74) is 0.667. The second-order valence-corrected chi connectivity index (χ2v) is 4.86. The van der Waals surface area contributed by atoms with Gasteiger partial charge in [-0.3, -0.25) is 0 Å². The fraction of sp³-hybridized carbons (Fsp3) is 0.250. The summed E-state index contributed by atoms with van der Waals surface area (Å²) in [6.07, 6.45) is 0.869. The van der Waals surface area contributed by atoms with Crippen molar-refractivity contribution in [2.75, 3.05) is 5.32 Å². The third kappa shape index (κ3) is 3.56. The molecule has 110 valence electrons. The number of nitrogens with zero attached hydrogens (tertiary/aromatic N) is 1. The molecule has 0 bridgehead atoms. The smallest absolute Gasteiger partial charge is 0.335 e. The Kier molecular flexibility index (Phi) is 4.52. The van der Waals surface area contributed by atoms with Gasteiger partial charge in [0.15, 0.2) is 0 Å². The number of benzene rings is 1. The molecule has 4 nitrogen and oxygen atoms in total. The highest BCUT2D eigenvalue weighted by Gasteiger charge is 2.13. The summed E-state index contributed by atoms with van der Waals surface area (Å²) in [5.74, 6) is -1.06. The molecule has 1 heterocycles. The van der Waals surface area contributed by atoms with Crippen molar-refractivity contribution in [2.45, 2.75) is 26.3 Å². The van der Waals surface area contributed by atoms with Gasteiger partial charge in [-0.2, -0.15) is 0 Å². The topological polar surface area (TPSA) is 62.2 Å². The van der Waals surface area contributed by atoms with E-state index in [-0.39, 0.29) is 17.2 Å². The van der Waals surface area contributed by atoms with Crippen molar-refractivity contribution in [1.82, 2.24) is 4.98 Å². The number of anilines is 1. The molecule has 0 radical (unpaired) electrons. The van der Waals surface area contributed by atoms with Gasteiger partial charge in [-0.15, -0.1) is 0 Å². The van der Waals surface area contributed by atoms with E-state index in [0.717, 1.165) is 6.42 Å². The number of pyridine rings is 1. The molecule has 0 aliphatic heterocycles. The molecule has 1 atom stereocenters. The van der Waals surface area contributed by atoms with E-state index in [1.54, 1.807) is 18.2 Å². The molecule has 2 N–H and O–H groups in total. The second kappa shape index (κ2) is 6.35. The Labute approximate surface area is 122 Å². The van der Waals surface area contributed by atoms with E-state index >= 15 is 0 Å². The average Bonchev–Trinajstić information content (AvgIpc) is 2.47. The lowest BCUT2D eigenvalue weighted by molar-refractivity contribution is 0.0697. The first-order valence-electron chi connectivity index (χ1n) is 6.78. The molecule has 0 fully saturated rings. The number of carboxylic acids is 1. The van der Waals surface area contributed by atoms with E-state index in [9.17, 15) is 14.3 Å². The van der Waals surface area contributed by atoms with Crippen LogP contribution >= 0.6 is 0 Å². The van der Waals surface area contributed by atoms with Gasteiger partial charge in [0.05, 0.1) is 11.3 Å². The molecule has 1 aromatic carbocycles. The summed E-state index contributed by atoms with van der Waals surface area (Å²) >= 11 is 0. The van der Waals surface area contributed by atoms with E-state index in [4.69, 9.17) is 0 Å². The molecule has 2 rings (SSSR count). The lowest BCUT2D eigenvalue weighted by Crippen LogP contribution is -2.15. The summed E-state index contributed by atoms with van der Waals surface area (Å²) in [5, 5.41) is 12.3. The van der Waals surface area contributed by atoms with Crippen LogP contribution in [0.15, 0.2) is 36.4 Å². The quantitative estimate of drug-likeness (QED) is 0.878. The van der Waals surface area contributed by atoms with Crippen molar-refractivity contribution in [2.24, 2.45) is 0 Å². The van der Waals surface area contributed by atoms with Gasteiger partial charge in [0.25, 0.3) is 0 Å². The van der Waals surface area contributed by atoms with Crippen molar-refractivity contribution in [3.63, 3.8) is 0 Å². The molecule has 0 spiro atoms. The third-order valence-corrected chi connectivity index (χ3v) is 3.23. The maximum absolute atomic E-state index is 13.9. The monoisotopic (exact) mass is 288 g/mol. The lowest BCUT2D eigenvalue weighted by Gasteiger charge is -2.14. The molecular formula is C16H17FN2O2. The predicted octanol–water partition coefficient (Wildman–Crippen LogP) is 3.80. The van der Waals surface area contributed by atoms with Crippen LogP contribution in [0.3, 0.4) is 0 Å². The molecule has 0 aliphatic carbocycles. The normalized spacial score (nSPS) is 12.0. The Morgan fingerprint density at radius 3 is 2.71 bits per heavy atom. The van der Waals surface area contributed by atoms with Crippen molar-refractivity contribution in [3.05, 3.63) is 47.8 Å². The first-order chi connectivity index (χ1) is 10.0. The number of hydrogen-bond acceptors (Lipinski definition) is 3. The number of carboxylic acid groups (broad SMARTS) is 1. The van der Waals surface area contributed by atoms with E-state index in [1.807, 2.05) is 13.8 Å². The molecule has 0 saturated carbocycles. The molecule has 1 unspecified atom stereocenters. The zero-order valence-corrected chi connectivity index (χ0v) is 11.9. The maximum atomic E-state index is 13.9. The van der Waals surface area contributed by atoms with E-state index in [0.29, 0.717) is 11.5 Å². The van der Waals surface area contributed by atoms with Crippen molar-refractivity contribution in [1.29, 1.82) is 0 Å². The Morgan fingerprint density at radius 1 is 1.38 bits per heavy atom. The Balaban J connectivity index is 2.50. The van der Waals surface area contributed by atoms with Gasteiger partial charge in [-0.1, -0.05) is 19.1 Å². The minimum Gasteiger partial charge on any atom is -0.478 e. The van der Waals surface area contributed by atoms with Crippen molar-refractivity contribution >= 4 is 11.8 Å². The highest BCUT2D eigenvalue weighted by atomic mass is 19.1. The number of aromatic nitrogens is 1. The molecule has 2 aromatic rings. The average molecular weight is 288 g/mol. The van der Waals surface area contributed by atoms with Crippen LogP contribution in [0.4, 0.5) is 10.2 Å². The van der Waals surface area contributed by atoms with Gasteiger partial charge in [0.2, 0.25) is 0 Å². The Bertz CT molecular complexity index is 658. The van der Waals surface area contributed by atoms with Crippen molar-refractivity contribution in [3.8, 4) is 11.3 Å². The molecular weight excluding hydrogens is 271 g/mol. The van der Waals surface area contributed by atoms with Crippen LogP contribution in [0.5, 0.6) is 0 Å². The fourth-order valence-electron chi connectivity index (χ4n) is 1.89. The Morgan fingerprint density at radius 2 is 2.10 bits per heavy atom. The summed E-state index contributed by atoms with van der Waals surface area (Å²) in [6.45, 7) is 3.98. The number of halogens is 1. The highest BCUT2D eigenvalue weighted by molar-refractivity contribution is 5.90. The number of rotatable bonds is 5. The largest absolute Gasteiger partial charge is 0.478 e. The molecule has 1 aromatic heterocycles. The molecule has 0 saturated heterocycles. The Hall–Kier alpha value is -2.43. The first-order valence-corrected chi connectivity index (χ1v) is 6.78. The SMILES string of the molecule is CCC(C)Nc1cc(C(=O)O)cc(-c2ccccc2F)n1. The fourth-order valence-corrected chi connectivity index (χ4v) is 1.89. The molecule has 21 heavy (non-hydrogen) atoms. The number of carbonyl (C=O) groups is 1. The summed E-state index contributed by atoms with van der Waals surface area (Å²) in [7, 11) is 0. The maximum Gasteiger partial charge on any atom is 0.335 e. The summed E-state index contributed by atoms with van der Waals surface area (Å²) < 4.78 is 13.9. The van der Waals surface area contributed by atoms with E-state index < -0.39 is 11.8 Å². The van der Waals surface area contributed by atoms with E-state index in [1.165, 1.54) is 18.2 Å². The molecule has 0 amide bonds. The highest BCUT2D eigenvalue weighted by Crippen LogP contribution is 2.24. The first kappa shape index (κ1) is 15.0. The van der Waals surface area contributed by atoms with Crippen LogP contribution in [0, 0.1) is 5.82 Å². The van der Waals surface area contributed by atoms with Crippen molar-refractivity contribution < 1.29 is 14.3 Å². The third-order valence-electron chi connectivity index (χ3n) is 3.23. The summed E-state index contributed by atoms with van der Waals surface area (Å²) in [4.78, 5) is 15.5. The standard InChI is InChI=1S/C16H17FN2O2/c1-3-10(2)18-15-9-11(16(20)21)8-14(19-15)12-6-4-5-7-13(12)17/h4-10H,3H2,1-2H3,(H,18,19)(H,20,21). The van der Waals surface area contributed by atoms with Crippen LogP contribution in [-0.4, -0.2) is 22.1 Å². The minimum absolute atomic E-state index is 0.0778. The van der Waals surface area contributed by atoms with Crippen LogP contribution in [0.1, 0.15) is 30.6 Å². The van der Waals surface area contributed by atoms with Gasteiger partial charge >= 0.3 is 5.97 Å². The van der Waals surface area contributed by atoms with Gasteiger partial charge < -0.3 is 10.4 Å². The van der Waals surface area contributed by atoms with Gasteiger partial charge in [0.1, 0.15) is 11.6 Å². The van der Waals surface area contributed by atoms with Gasteiger partial charge in [0, 0.05) is 11.6 Å². The number of hydrogen-bond donors (Lipinski definition) is 2. The van der Waals surface area contributed by atoms with Crippen LogP contribution in [0.2, 0.25) is 0 Å². The second-order valence-electron chi connectivity index (χ2n) is 4.86. The lowest BCUT2D eigenvalue weighted by atomic mass is 10.1. The van der Waals surface area contributed by atoms with Crippen LogP contribution in [0.25, 0.3) is 11.3 Å². The minimum atomic E-state index is -1.07. The molecule has 5 heteroatoms. The zero-order valence-electron chi connectivity index (χ0n) is 11.9. The summed E-state index contributed by atoms with van der Waals surface area (Å²) in [6, 6.07) is 9.16. The number of aromatic carboxylic acids is 1. The molecule has 0 aliphatic rings. The van der Waals surface area contributed by atoms with Gasteiger partial charge in [-0.25, -0.2) is 14.2 Å². The number of nitrogens with one attached hydrogen (secondary N) is 1. The van der Waals surface area contributed by atoms with Crippen LogP contribution < -0.4 is 5.32 Å². The zero-order chi connectivity index (χ0) is 15.4. The van der Waals surface area contributed by atoms with Gasteiger partial charge in [-0.05, 0) is 37.6 Å².